The lowest BCUT2D eigenvalue weighted by atomic mass is 9.72. The Kier molecular flexibility index (Phi) is 19.5. The third kappa shape index (κ3) is 15.0. The van der Waals surface area contributed by atoms with E-state index in [-0.39, 0.29) is 52.3 Å². The van der Waals surface area contributed by atoms with Crippen LogP contribution in [0.3, 0.4) is 0 Å². The summed E-state index contributed by atoms with van der Waals surface area (Å²) in [5.74, 6) is -2.13. The summed E-state index contributed by atoms with van der Waals surface area (Å²) in [6.07, 6.45) is 8.31. The van der Waals surface area contributed by atoms with Crippen molar-refractivity contribution in [1.82, 2.24) is 34.7 Å². The summed E-state index contributed by atoms with van der Waals surface area (Å²) in [5, 5.41) is 19.4. The molecule has 0 radical (unpaired) electrons. The second-order valence-electron chi connectivity index (χ2n) is 23.8. The number of hydrogen-bond donors (Lipinski definition) is 4. The van der Waals surface area contributed by atoms with Crippen LogP contribution in [0.15, 0.2) is 119 Å². The van der Waals surface area contributed by atoms with Gasteiger partial charge in [-0.15, -0.1) is 11.8 Å². The first-order valence-corrected chi connectivity index (χ1v) is 32.8. The highest BCUT2D eigenvalue weighted by atomic mass is 35.5. The number of anilines is 2. The van der Waals surface area contributed by atoms with E-state index >= 15 is 0 Å². The number of likely N-dealkylation sites (tertiary alicyclic amines) is 1. The van der Waals surface area contributed by atoms with Gasteiger partial charge in [-0.05, 0) is 128 Å². The first-order valence-electron chi connectivity index (χ1n) is 30.0. The number of aromatic nitrogens is 2. The first kappa shape index (κ1) is 62.9. The number of rotatable bonds is 24. The van der Waals surface area contributed by atoms with Gasteiger partial charge in [0.15, 0.2) is 0 Å². The first-order chi connectivity index (χ1) is 42.9. The van der Waals surface area contributed by atoms with Crippen molar-refractivity contribution in [2.45, 2.75) is 74.6 Å². The molecule has 89 heavy (non-hydrogen) atoms. The molecular formula is C64H71ClN10O12S2. The largest absolute Gasteiger partial charge is 0.455 e. The van der Waals surface area contributed by atoms with Crippen molar-refractivity contribution in [2.24, 2.45) is 11.3 Å². The number of allylic oxidation sites excluding steroid dienone is 1. The van der Waals surface area contributed by atoms with Crippen molar-refractivity contribution in [3.05, 3.63) is 146 Å². The number of thioether (sulfide) groups is 1. The number of benzene rings is 4. The number of nitro groups is 1. The van der Waals surface area contributed by atoms with Crippen molar-refractivity contribution in [3.63, 3.8) is 0 Å². The molecule has 2 unspecified atom stereocenters. The van der Waals surface area contributed by atoms with E-state index in [0.717, 1.165) is 80.3 Å². The molecule has 4 aliphatic heterocycles. The molecule has 5 aliphatic rings. The van der Waals surface area contributed by atoms with Gasteiger partial charge in [-0.2, -0.15) is 0 Å². The molecule has 4 N–H and O–H groups in total. The molecule has 11 rings (SSSR count). The third-order valence-corrected chi connectivity index (χ3v) is 19.7. The van der Waals surface area contributed by atoms with E-state index < -0.39 is 61.1 Å². The summed E-state index contributed by atoms with van der Waals surface area (Å²) >= 11 is 7.64. The van der Waals surface area contributed by atoms with E-state index in [1.807, 2.05) is 18.2 Å². The molecule has 5 amide bonds. The Hall–Kier alpha value is -7.71. The van der Waals surface area contributed by atoms with Crippen LogP contribution < -0.4 is 25.0 Å². The number of aromatic amines is 1. The van der Waals surface area contributed by atoms with Gasteiger partial charge in [0.05, 0.1) is 59.1 Å². The van der Waals surface area contributed by atoms with E-state index in [1.165, 1.54) is 52.9 Å². The Morgan fingerprint density at radius 2 is 1.69 bits per heavy atom. The van der Waals surface area contributed by atoms with Crippen molar-refractivity contribution in [2.75, 3.05) is 101 Å². The number of H-pyrrole nitrogens is 1. The number of piperazine rings is 1. The second kappa shape index (κ2) is 27.6. The van der Waals surface area contributed by atoms with Crippen LogP contribution in [0, 0.1) is 21.4 Å². The van der Waals surface area contributed by atoms with Crippen LogP contribution >= 0.6 is 23.4 Å². The SMILES string of the molecule is CC1(C)CCC(CN2CCN(c3ccc(C(=O)NS(=O)(=O)c4ccc(NCC5CCCN(CCOCCOCCSc6cccc7c6C(=O)N(C6CCC(=O)NC6=O)C7=O)C5)c([N+](=O)[O-])c4)c(Oc4cnc5[nH]ccc5c4)c3)CC2)=C(c2ccc(Cl)cc2)C1. The molecule has 1 aliphatic carbocycles. The lowest BCUT2D eigenvalue weighted by Crippen LogP contribution is -2.54. The maximum atomic E-state index is 14.2. The number of carbonyl (C=O) groups excluding carboxylic acids is 5. The number of nitrogens with zero attached hydrogens (tertiary/aromatic N) is 6. The summed E-state index contributed by atoms with van der Waals surface area (Å²) in [5.41, 5.74) is 5.78. The Morgan fingerprint density at radius 3 is 2.47 bits per heavy atom. The third-order valence-electron chi connectivity index (χ3n) is 17.1. The predicted octanol–water partition coefficient (Wildman–Crippen LogP) is 9.17. The van der Waals surface area contributed by atoms with Gasteiger partial charge >= 0.3 is 0 Å². The molecule has 2 atom stereocenters. The number of sulfonamides is 1. The average molecular weight is 1270 g/mol. The molecule has 3 saturated heterocycles. The van der Waals surface area contributed by atoms with Crippen LogP contribution in [0.25, 0.3) is 16.6 Å². The van der Waals surface area contributed by atoms with Gasteiger partial charge in [0.25, 0.3) is 33.4 Å². The molecule has 22 nitrogen and oxygen atoms in total. The molecule has 0 saturated carbocycles. The zero-order valence-electron chi connectivity index (χ0n) is 49.6. The van der Waals surface area contributed by atoms with E-state index in [1.54, 1.807) is 42.6 Å². The molecule has 468 valence electrons. The smallest absolute Gasteiger partial charge is 0.293 e. The average Bonchev–Trinajstić information content (AvgIpc) is 2.27. The molecule has 2 aromatic heterocycles. The lowest BCUT2D eigenvalue weighted by molar-refractivity contribution is -0.384. The fourth-order valence-corrected chi connectivity index (χ4v) is 14.4. The number of hydrogen-bond acceptors (Lipinski definition) is 18. The van der Waals surface area contributed by atoms with Crippen LogP contribution in [0.2, 0.25) is 5.02 Å². The van der Waals surface area contributed by atoms with Gasteiger partial charge in [-0.1, -0.05) is 49.2 Å². The summed E-state index contributed by atoms with van der Waals surface area (Å²) in [4.78, 5) is 92.3. The van der Waals surface area contributed by atoms with E-state index in [4.69, 9.17) is 25.8 Å². The van der Waals surface area contributed by atoms with Gasteiger partial charge in [0.1, 0.15) is 28.9 Å². The predicted molar refractivity (Wildman–Crippen MR) is 338 cm³/mol. The Bertz CT molecular complexity index is 3830. The van der Waals surface area contributed by atoms with Gasteiger partial charge in [0, 0.05) is 104 Å². The highest BCUT2D eigenvalue weighted by molar-refractivity contribution is 7.99. The number of nitro benzene ring substituents is 1. The molecule has 6 aromatic rings. The number of nitrogens with one attached hydrogen (secondary N) is 4. The summed E-state index contributed by atoms with van der Waals surface area (Å²) in [7, 11) is -4.65. The van der Waals surface area contributed by atoms with Gasteiger partial charge in [0.2, 0.25) is 11.8 Å². The number of imide groups is 2. The van der Waals surface area contributed by atoms with Crippen molar-refractivity contribution in [1.29, 1.82) is 0 Å². The van der Waals surface area contributed by atoms with Gasteiger partial charge in [-0.25, -0.2) is 18.1 Å². The molecule has 0 spiro atoms. The summed E-state index contributed by atoms with van der Waals surface area (Å²) in [6.45, 7) is 12.6. The van der Waals surface area contributed by atoms with Crippen molar-refractivity contribution in [3.8, 4) is 11.5 Å². The number of fused-ring (bicyclic) bond motifs is 2. The quantitative estimate of drug-likeness (QED) is 0.0145. The topological polar surface area (TPSA) is 268 Å². The second-order valence-corrected chi connectivity index (χ2v) is 27.1. The van der Waals surface area contributed by atoms with Crippen LogP contribution in [0.5, 0.6) is 11.5 Å². The van der Waals surface area contributed by atoms with E-state index in [9.17, 15) is 42.5 Å². The lowest BCUT2D eigenvalue weighted by Gasteiger charge is -2.39. The number of piperidine rings is 2. The molecule has 4 aromatic carbocycles. The molecule has 6 heterocycles. The van der Waals surface area contributed by atoms with Crippen molar-refractivity contribution < 1.29 is 51.5 Å². The number of carbonyl (C=O) groups is 5. The van der Waals surface area contributed by atoms with Crippen LogP contribution in [-0.4, -0.2) is 165 Å². The highest BCUT2D eigenvalue weighted by Gasteiger charge is 2.46. The van der Waals surface area contributed by atoms with E-state index in [2.05, 4.69) is 66.0 Å². The number of halogens is 1. The van der Waals surface area contributed by atoms with Crippen LogP contribution in [0.1, 0.15) is 95.4 Å². The van der Waals surface area contributed by atoms with Crippen LogP contribution in [0.4, 0.5) is 17.1 Å². The summed E-state index contributed by atoms with van der Waals surface area (Å²) < 4.78 is 48.2. The number of ether oxygens (including phenoxy) is 3. The Labute approximate surface area is 525 Å². The summed E-state index contributed by atoms with van der Waals surface area (Å²) in [6, 6.07) is 24.3. The zero-order chi connectivity index (χ0) is 62.4. The number of amides is 5. The van der Waals surface area contributed by atoms with Crippen molar-refractivity contribution >= 4 is 96.6 Å². The van der Waals surface area contributed by atoms with Crippen LogP contribution in [-0.2, 0) is 29.1 Å². The molecular weight excluding hydrogens is 1200 g/mol. The van der Waals surface area contributed by atoms with Gasteiger partial charge < -0.3 is 34.3 Å². The molecule has 25 heteroatoms. The minimum Gasteiger partial charge on any atom is -0.455 e. The minimum atomic E-state index is -4.65. The standard InChI is InChI=1S/C64H71ClN10O12S2/c1-64(2)20-18-44(51(36-64)42-8-10-45(65)11-9-42)40-72-23-25-73(26-24-72)46-12-14-49(55(34-46)87-47-33-43-19-21-66-59(43)68-38-47)60(77)70-89(83,84)48-13-15-52(54(35-48)75(81)82)67-37-41-5-4-22-71(39-41)27-28-85-29-30-86-31-32-88-56-7-3-6-50-58(56)63(80)74(62(50)79)53-16-17-57(76)69-61(53)78/h3,6-15,19,21,33-35,38,41,53,67H,4-5,16-18,20,22-32,36-37,39-40H2,1-2H3,(H,66,68)(H,70,77)(H,69,76,78). The number of pyridine rings is 1. The Balaban J connectivity index is 0.654. The van der Waals surface area contributed by atoms with Gasteiger partial charge in [-0.3, -0.25) is 49.2 Å². The minimum absolute atomic E-state index is 0.0430. The van der Waals surface area contributed by atoms with E-state index in [0.29, 0.717) is 86.2 Å². The maximum Gasteiger partial charge on any atom is 0.293 e. The normalized spacial score (nSPS) is 19.2. The molecule has 3 fully saturated rings. The highest BCUT2D eigenvalue weighted by Crippen LogP contribution is 2.44. The zero-order valence-corrected chi connectivity index (χ0v) is 52.0. The maximum absolute atomic E-state index is 14.2. The molecule has 0 bridgehead atoms. The Morgan fingerprint density at radius 1 is 0.888 bits per heavy atom. The fourth-order valence-electron chi connectivity index (χ4n) is 12.3. The fraction of sp³-hybridized carbons (Fsp3) is 0.406. The monoisotopic (exact) mass is 1270 g/mol.